The molecule has 6 nitrogen and oxygen atoms in total. The van der Waals surface area contributed by atoms with Gasteiger partial charge in [-0.2, -0.15) is 0 Å². The quantitative estimate of drug-likeness (QED) is 0.352. The highest BCUT2D eigenvalue weighted by molar-refractivity contribution is 8.25. The zero-order valence-corrected chi connectivity index (χ0v) is 15.6. The normalized spacial score (nSPS) is 17.8. The van der Waals surface area contributed by atoms with E-state index in [1.54, 1.807) is 12.1 Å². The maximum atomic E-state index is 12.8. The molecule has 4 N–H and O–H groups in total. The van der Waals surface area contributed by atoms with Crippen molar-refractivity contribution < 1.29 is 9.59 Å². The van der Waals surface area contributed by atoms with Crippen LogP contribution in [0.15, 0.2) is 31.7 Å². The third-order valence-electron chi connectivity index (χ3n) is 3.78. The average Bonchev–Trinajstić information content (AvgIpc) is 2.98. The largest absolute Gasteiger partial charge is 0.398 e. The first-order valence-corrected chi connectivity index (χ1v) is 9.40. The van der Waals surface area contributed by atoms with Gasteiger partial charge in [0.25, 0.3) is 11.8 Å². The highest BCUT2D eigenvalue weighted by Crippen LogP contribution is 2.57. The van der Waals surface area contributed by atoms with E-state index in [2.05, 4.69) is 0 Å². The number of hydrogen-bond donors (Lipinski definition) is 2. The number of nitrogens with two attached hydrogens (primary N) is 2. The summed E-state index contributed by atoms with van der Waals surface area (Å²) >= 11 is 7.91. The SMILES string of the molecule is CCN1C(=O)C(=C2Sc3c(N)ccc(N)c3S2)C(=O)N(CC)C1=S. The molecule has 2 aliphatic heterocycles. The van der Waals surface area contributed by atoms with Crippen LogP contribution >= 0.6 is 35.7 Å². The fraction of sp³-hybridized carbons (Fsp3) is 0.267. The van der Waals surface area contributed by atoms with Crippen LogP contribution in [0.3, 0.4) is 0 Å². The molecule has 126 valence electrons. The molecule has 1 saturated heterocycles. The lowest BCUT2D eigenvalue weighted by Gasteiger charge is -2.35. The molecule has 1 aromatic rings. The maximum absolute atomic E-state index is 12.8. The molecule has 0 atom stereocenters. The van der Waals surface area contributed by atoms with Crippen molar-refractivity contribution in [2.75, 3.05) is 24.6 Å². The van der Waals surface area contributed by atoms with Gasteiger partial charge in [-0.15, -0.1) is 0 Å². The molecule has 0 spiro atoms. The molecule has 3 rings (SSSR count). The van der Waals surface area contributed by atoms with Gasteiger partial charge in [0.15, 0.2) is 5.11 Å². The summed E-state index contributed by atoms with van der Waals surface area (Å²) in [6.07, 6.45) is 0. The van der Waals surface area contributed by atoms with E-state index in [-0.39, 0.29) is 22.5 Å². The summed E-state index contributed by atoms with van der Waals surface area (Å²) in [5.41, 5.74) is 13.3. The molecular formula is C15H16N4O2S3. The Morgan fingerprint density at radius 1 is 0.958 bits per heavy atom. The first kappa shape index (κ1) is 17.1. The number of anilines is 2. The fourth-order valence-electron chi connectivity index (χ4n) is 2.53. The van der Waals surface area contributed by atoms with Crippen LogP contribution in [0.2, 0.25) is 0 Å². The third kappa shape index (κ3) is 2.47. The maximum Gasteiger partial charge on any atom is 0.267 e. The second-order valence-electron chi connectivity index (χ2n) is 5.15. The van der Waals surface area contributed by atoms with Gasteiger partial charge < -0.3 is 11.5 Å². The van der Waals surface area contributed by atoms with Crippen molar-refractivity contribution in [3.8, 4) is 0 Å². The van der Waals surface area contributed by atoms with Crippen LogP contribution in [0.1, 0.15) is 13.8 Å². The van der Waals surface area contributed by atoms with E-state index in [4.69, 9.17) is 23.7 Å². The van der Waals surface area contributed by atoms with Gasteiger partial charge in [-0.3, -0.25) is 19.4 Å². The highest BCUT2D eigenvalue weighted by atomic mass is 32.2. The minimum Gasteiger partial charge on any atom is -0.398 e. The molecule has 9 heteroatoms. The van der Waals surface area contributed by atoms with Crippen molar-refractivity contribution in [2.24, 2.45) is 0 Å². The van der Waals surface area contributed by atoms with Gasteiger partial charge in [0.2, 0.25) is 0 Å². The minimum atomic E-state index is -0.364. The molecule has 0 bridgehead atoms. The van der Waals surface area contributed by atoms with Crippen molar-refractivity contribution in [1.82, 2.24) is 9.80 Å². The lowest BCUT2D eigenvalue weighted by molar-refractivity contribution is -0.133. The minimum absolute atomic E-state index is 0.136. The number of fused-ring (bicyclic) bond motifs is 1. The van der Waals surface area contributed by atoms with E-state index in [1.165, 1.54) is 33.3 Å². The van der Waals surface area contributed by atoms with E-state index in [0.717, 1.165) is 9.79 Å². The molecule has 0 aromatic heterocycles. The summed E-state index contributed by atoms with van der Waals surface area (Å²) in [7, 11) is 0. The Kier molecular flexibility index (Phi) is 4.50. The van der Waals surface area contributed by atoms with Gasteiger partial charge in [-0.25, -0.2) is 0 Å². The van der Waals surface area contributed by atoms with Gasteiger partial charge in [-0.1, -0.05) is 23.5 Å². The summed E-state index contributed by atoms with van der Waals surface area (Å²) in [6.45, 7) is 4.47. The molecule has 0 saturated carbocycles. The van der Waals surface area contributed by atoms with E-state index >= 15 is 0 Å². The van der Waals surface area contributed by atoms with Crippen molar-refractivity contribution in [3.63, 3.8) is 0 Å². The van der Waals surface area contributed by atoms with Crippen molar-refractivity contribution in [1.29, 1.82) is 0 Å². The summed E-state index contributed by atoms with van der Waals surface area (Å²) in [4.78, 5) is 30.1. The zero-order chi connectivity index (χ0) is 17.6. The summed E-state index contributed by atoms with van der Waals surface area (Å²) in [5, 5.41) is 0.254. The lowest BCUT2D eigenvalue weighted by atomic mass is 10.2. The van der Waals surface area contributed by atoms with Crippen molar-refractivity contribution >= 4 is 64.0 Å². The number of carbonyl (C=O) groups is 2. The van der Waals surface area contributed by atoms with Crippen molar-refractivity contribution in [2.45, 2.75) is 23.6 Å². The molecular weight excluding hydrogens is 364 g/mol. The van der Waals surface area contributed by atoms with Crippen LogP contribution in [0, 0.1) is 0 Å². The van der Waals surface area contributed by atoms with Gasteiger partial charge >= 0.3 is 0 Å². The van der Waals surface area contributed by atoms with E-state index in [0.29, 0.717) is 28.7 Å². The smallest absolute Gasteiger partial charge is 0.267 e. The topological polar surface area (TPSA) is 92.7 Å². The van der Waals surface area contributed by atoms with Gasteiger partial charge in [0.1, 0.15) is 5.57 Å². The first-order valence-electron chi connectivity index (χ1n) is 7.36. The van der Waals surface area contributed by atoms with Crippen LogP contribution in [0.4, 0.5) is 11.4 Å². The molecule has 0 aliphatic carbocycles. The number of rotatable bonds is 2. The Hall–Kier alpha value is -1.71. The molecule has 2 heterocycles. The molecule has 0 radical (unpaired) electrons. The second kappa shape index (κ2) is 6.30. The van der Waals surface area contributed by atoms with Crippen LogP contribution in [0.5, 0.6) is 0 Å². The van der Waals surface area contributed by atoms with E-state index in [1.807, 2.05) is 13.8 Å². The highest BCUT2D eigenvalue weighted by Gasteiger charge is 2.42. The number of nitrogens with zero attached hydrogens (tertiary/aromatic N) is 2. The number of amides is 2. The molecule has 1 fully saturated rings. The zero-order valence-electron chi connectivity index (χ0n) is 13.2. The van der Waals surface area contributed by atoms with Gasteiger partial charge in [0, 0.05) is 24.5 Å². The predicted octanol–water partition coefficient (Wildman–Crippen LogP) is 2.26. The Morgan fingerprint density at radius 2 is 1.38 bits per heavy atom. The Balaban J connectivity index is 2.11. The number of thiocarbonyl (C=S) groups is 1. The fourth-order valence-corrected chi connectivity index (χ4v) is 5.58. The number of likely N-dealkylation sites (N-methyl/N-ethyl adjacent to an activating group) is 2. The number of hydrogen-bond acceptors (Lipinski definition) is 7. The Morgan fingerprint density at radius 3 is 1.75 bits per heavy atom. The average molecular weight is 381 g/mol. The Bertz CT molecular complexity index is 745. The summed E-state index contributed by atoms with van der Waals surface area (Å²) in [6, 6.07) is 3.46. The summed E-state index contributed by atoms with van der Waals surface area (Å²) in [5.74, 6) is -0.728. The summed E-state index contributed by atoms with van der Waals surface area (Å²) < 4.78 is 0.601. The lowest BCUT2D eigenvalue weighted by Crippen LogP contribution is -2.56. The molecule has 2 amide bonds. The first-order chi connectivity index (χ1) is 11.4. The third-order valence-corrected chi connectivity index (χ3v) is 6.92. The number of benzene rings is 1. The molecule has 0 unspecified atom stereocenters. The Labute approximate surface area is 153 Å². The van der Waals surface area contributed by atoms with Crippen LogP contribution in [-0.2, 0) is 9.59 Å². The van der Waals surface area contributed by atoms with Crippen LogP contribution in [0.25, 0.3) is 0 Å². The molecule has 2 aliphatic rings. The second-order valence-corrected chi connectivity index (χ2v) is 7.82. The molecule has 1 aromatic carbocycles. The predicted molar refractivity (Wildman–Crippen MR) is 101 cm³/mol. The van der Waals surface area contributed by atoms with E-state index < -0.39 is 0 Å². The van der Waals surface area contributed by atoms with Crippen molar-refractivity contribution in [3.05, 3.63) is 21.9 Å². The van der Waals surface area contributed by atoms with Gasteiger partial charge in [-0.05, 0) is 38.2 Å². The van der Waals surface area contributed by atoms with Crippen LogP contribution in [-0.4, -0.2) is 39.8 Å². The van der Waals surface area contributed by atoms with E-state index in [9.17, 15) is 9.59 Å². The molecule has 24 heavy (non-hydrogen) atoms. The number of nitrogen functional groups attached to an aromatic ring is 2. The van der Waals surface area contributed by atoms with Crippen LogP contribution < -0.4 is 11.5 Å². The van der Waals surface area contributed by atoms with Gasteiger partial charge in [0.05, 0.1) is 14.0 Å². The number of thioether (sulfide) groups is 2. The standard InChI is InChI=1S/C15H16N4O2S3/c1-3-18-12(20)9(13(21)19(4-2)15(18)22)14-23-10-7(16)5-6-8(17)11(10)24-14/h5-6H,3-4,16-17H2,1-2H3. The monoisotopic (exact) mass is 380 g/mol. The number of carbonyl (C=O) groups excluding carboxylic acids is 2.